The molecule has 1 amide bonds. The Bertz CT molecular complexity index is 1080. The SMILES string of the molecule is CN(CCOC[C@H]1CCCN1c1ncc2c(n1)c(Br)nn2S(C)(=O)=O)C(=O)OC(C)(C)C. The molecule has 2 aromatic rings. The first-order valence-electron chi connectivity index (χ1n) is 10.3. The number of nitrogens with zero attached hydrogens (tertiary/aromatic N) is 6. The zero-order chi connectivity index (χ0) is 23.7. The maximum atomic E-state index is 12.0. The summed E-state index contributed by atoms with van der Waals surface area (Å²) in [5.74, 6) is 0.503. The Balaban J connectivity index is 1.60. The molecule has 32 heavy (non-hydrogen) atoms. The molecule has 0 bridgehead atoms. The monoisotopic (exact) mass is 532 g/mol. The Hall–Kier alpha value is -1.99. The lowest BCUT2D eigenvalue weighted by Crippen LogP contribution is -2.37. The largest absolute Gasteiger partial charge is 0.444 e. The Labute approximate surface area is 196 Å². The number of carbonyl (C=O) groups is 1. The van der Waals surface area contributed by atoms with Crippen LogP contribution in [0.5, 0.6) is 0 Å². The van der Waals surface area contributed by atoms with Crippen molar-refractivity contribution in [3.05, 3.63) is 10.8 Å². The number of fused-ring (bicyclic) bond motifs is 1. The van der Waals surface area contributed by atoms with E-state index >= 15 is 0 Å². The third-order valence-corrected chi connectivity index (χ3v) is 6.31. The van der Waals surface area contributed by atoms with Crippen molar-refractivity contribution in [1.29, 1.82) is 0 Å². The topological polar surface area (TPSA) is 120 Å². The number of carbonyl (C=O) groups excluding carboxylic acids is 1. The molecule has 11 nitrogen and oxygen atoms in total. The highest BCUT2D eigenvalue weighted by molar-refractivity contribution is 9.10. The van der Waals surface area contributed by atoms with Crippen LogP contribution in [0.15, 0.2) is 10.8 Å². The Morgan fingerprint density at radius 2 is 2.09 bits per heavy atom. The summed E-state index contributed by atoms with van der Waals surface area (Å²) in [6, 6.07) is 0.0861. The van der Waals surface area contributed by atoms with Gasteiger partial charge in [0.05, 0.1) is 31.7 Å². The van der Waals surface area contributed by atoms with E-state index in [0.717, 1.165) is 29.7 Å². The van der Waals surface area contributed by atoms with Gasteiger partial charge >= 0.3 is 6.09 Å². The number of hydrogen-bond acceptors (Lipinski definition) is 9. The van der Waals surface area contributed by atoms with Gasteiger partial charge in [-0.05, 0) is 49.5 Å². The van der Waals surface area contributed by atoms with Gasteiger partial charge < -0.3 is 19.3 Å². The maximum Gasteiger partial charge on any atom is 0.410 e. The van der Waals surface area contributed by atoms with Crippen molar-refractivity contribution in [3.63, 3.8) is 0 Å². The van der Waals surface area contributed by atoms with Crippen LogP contribution in [0.25, 0.3) is 11.0 Å². The lowest BCUT2D eigenvalue weighted by Gasteiger charge is -2.26. The minimum absolute atomic E-state index is 0.0861. The quantitative estimate of drug-likeness (QED) is 0.494. The molecule has 1 saturated heterocycles. The first-order valence-corrected chi connectivity index (χ1v) is 12.9. The third kappa shape index (κ3) is 5.87. The summed E-state index contributed by atoms with van der Waals surface area (Å²) in [4.78, 5) is 24.5. The van der Waals surface area contributed by atoms with Crippen molar-refractivity contribution in [1.82, 2.24) is 24.1 Å². The fourth-order valence-corrected chi connectivity index (χ4v) is 4.63. The van der Waals surface area contributed by atoms with Crippen LogP contribution in [0.4, 0.5) is 10.7 Å². The molecule has 2 aromatic heterocycles. The van der Waals surface area contributed by atoms with Gasteiger partial charge in [0, 0.05) is 20.1 Å². The molecule has 0 radical (unpaired) electrons. The second-order valence-electron chi connectivity index (χ2n) is 8.77. The molecule has 1 fully saturated rings. The average molecular weight is 533 g/mol. The van der Waals surface area contributed by atoms with E-state index in [0.29, 0.717) is 41.3 Å². The second kappa shape index (κ2) is 9.48. The van der Waals surface area contributed by atoms with Crippen molar-refractivity contribution in [2.45, 2.75) is 45.3 Å². The molecule has 1 atom stereocenters. The van der Waals surface area contributed by atoms with E-state index in [1.165, 1.54) is 11.1 Å². The molecule has 1 aliphatic rings. The van der Waals surface area contributed by atoms with Crippen LogP contribution < -0.4 is 4.90 Å². The molecule has 0 saturated carbocycles. The van der Waals surface area contributed by atoms with Crippen LogP contribution >= 0.6 is 15.9 Å². The van der Waals surface area contributed by atoms with Gasteiger partial charge in [-0.3, -0.25) is 0 Å². The predicted octanol–water partition coefficient (Wildman–Crippen LogP) is 2.25. The number of hydrogen-bond donors (Lipinski definition) is 0. The molecule has 0 aromatic carbocycles. The molecule has 178 valence electrons. The van der Waals surface area contributed by atoms with Gasteiger partial charge in [-0.15, -0.1) is 5.10 Å². The van der Waals surface area contributed by atoms with Gasteiger partial charge in [-0.1, -0.05) is 0 Å². The molecule has 0 N–H and O–H groups in total. The number of rotatable bonds is 7. The highest BCUT2D eigenvalue weighted by Gasteiger charge is 2.28. The number of aromatic nitrogens is 4. The van der Waals surface area contributed by atoms with Gasteiger partial charge in [0.25, 0.3) is 10.0 Å². The Morgan fingerprint density at radius 1 is 1.38 bits per heavy atom. The van der Waals surface area contributed by atoms with Crippen LogP contribution in [0.2, 0.25) is 0 Å². The number of ether oxygens (including phenoxy) is 2. The van der Waals surface area contributed by atoms with Crippen LogP contribution in [0.1, 0.15) is 33.6 Å². The summed E-state index contributed by atoms with van der Waals surface area (Å²) in [5, 5.41) is 4.02. The van der Waals surface area contributed by atoms with Gasteiger partial charge in [-0.25, -0.2) is 23.2 Å². The maximum absolute atomic E-state index is 12.0. The van der Waals surface area contributed by atoms with Crippen LogP contribution in [-0.2, 0) is 19.5 Å². The van der Waals surface area contributed by atoms with E-state index < -0.39 is 15.6 Å². The fourth-order valence-electron chi connectivity index (χ4n) is 3.35. The van der Waals surface area contributed by atoms with Gasteiger partial charge in [0.15, 0.2) is 4.60 Å². The summed E-state index contributed by atoms with van der Waals surface area (Å²) in [6.45, 7) is 7.52. The molecule has 0 spiro atoms. The molecule has 3 rings (SSSR count). The molecule has 1 aliphatic heterocycles. The minimum Gasteiger partial charge on any atom is -0.444 e. The molecule has 3 heterocycles. The zero-order valence-corrected chi connectivity index (χ0v) is 21.3. The first-order chi connectivity index (χ1) is 14.9. The number of halogens is 1. The van der Waals surface area contributed by atoms with E-state index in [1.54, 1.807) is 7.05 Å². The van der Waals surface area contributed by atoms with E-state index in [-0.39, 0.29) is 12.1 Å². The number of anilines is 1. The van der Waals surface area contributed by atoms with E-state index in [1.807, 2.05) is 20.8 Å². The minimum atomic E-state index is -3.56. The molecule has 0 unspecified atom stereocenters. The van der Waals surface area contributed by atoms with Crippen molar-refractivity contribution in [3.8, 4) is 0 Å². The van der Waals surface area contributed by atoms with Crippen molar-refractivity contribution in [2.24, 2.45) is 0 Å². The Kier molecular flexibility index (Phi) is 7.30. The highest BCUT2D eigenvalue weighted by Crippen LogP contribution is 2.27. The average Bonchev–Trinajstić information content (AvgIpc) is 3.27. The predicted molar refractivity (Wildman–Crippen MR) is 123 cm³/mol. The highest BCUT2D eigenvalue weighted by atomic mass is 79.9. The van der Waals surface area contributed by atoms with E-state index in [2.05, 4.69) is 35.9 Å². The van der Waals surface area contributed by atoms with Gasteiger partial charge in [0.1, 0.15) is 16.6 Å². The summed E-state index contributed by atoms with van der Waals surface area (Å²) in [6.07, 6.45) is 4.06. The van der Waals surface area contributed by atoms with Crippen molar-refractivity contribution >= 4 is 49.0 Å². The molecule has 0 aliphatic carbocycles. The molecular weight excluding hydrogens is 504 g/mol. The van der Waals surface area contributed by atoms with E-state index in [4.69, 9.17) is 9.47 Å². The summed E-state index contributed by atoms with van der Waals surface area (Å²) in [5.41, 5.74) is 0.219. The number of likely N-dealkylation sites (N-methyl/N-ethyl adjacent to an activating group) is 1. The van der Waals surface area contributed by atoms with E-state index in [9.17, 15) is 13.2 Å². The van der Waals surface area contributed by atoms with Crippen LogP contribution in [0, 0.1) is 0 Å². The molecule has 13 heteroatoms. The van der Waals surface area contributed by atoms with Gasteiger partial charge in [0.2, 0.25) is 5.95 Å². The summed E-state index contributed by atoms with van der Waals surface area (Å²) >= 11 is 3.29. The van der Waals surface area contributed by atoms with Crippen molar-refractivity contribution < 1.29 is 22.7 Å². The lowest BCUT2D eigenvalue weighted by molar-refractivity contribution is 0.0225. The second-order valence-corrected chi connectivity index (χ2v) is 11.3. The summed E-state index contributed by atoms with van der Waals surface area (Å²) < 4.78 is 36.3. The smallest absolute Gasteiger partial charge is 0.410 e. The third-order valence-electron chi connectivity index (χ3n) is 4.87. The molecular formula is C19H29BrN6O5S. The van der Waals surface area contributed by atoms with Gasteiger partial charge in [-0.2, -0.15) is 4.09 Å². The van der Waals surface area contributed by atoms with Crippen LogP contribution in [0.3, 0.4) is 0 Å². The number of amides is 1. The zero-order valence-electron chi connectivity index (χ0n) is 18.9. The van der Waals surface area contributed by atoms with Crippen LogP contribution in [-0.4, -0.2) is 89.8 Å². The van der Waals surface area contributed by atoms with Crippen molar-refractivity contribution in [2.75, 3.05) is 44.5 Å². The standard InChI is InChI=1S/C19H29BrN6O5S/c1-19(2,3)31-18(27)24(4)9-10-30-12-13-7-6-8-25(13)17-21-11-14-15(22-17)16(20)23-26(14)32(5,28)29/h11,13H,6-10,12H2,1-5H3/t13-/m1/s1. The Morgan fingerprint density at radius 3 is 2.75 bits per heavy atom. The summed E-state index contributed by atoms with van der Waals surface area (Å²) in [7, 11) is -1.89. The normalized spacial score (nSPS) is 17.2. The lowest BCUT2D eigenvalue weighted by atomic mass is 10.2. The fraction of sp³-hybridized carbons (Fsp3) is 0.684. The first kappa shape index (κ1) is 24.6.